The Morgan fingerprint density at radius 2 is 2.20 bits per heavy atom. The van der Waals surface area contributed by atoms with Crippen LogP contribution in [0.5, 0.6) is 0 Å². The quantitative estimate of drug-likeness (QED) is 0.766. The highest BCUT2D eigenvalue weighted by molar-refractivity contribution is 4.84. The van der Waals surface area contributed by atoms with Crippen LogP contribution in [-0.4, -0.2) is 48.0 Å². The van der Waals surface area contributed by atoms with E-state index in [-0.39, 0.29) is 5.60 Å². The van der Waals surface area contributed by atoms with Gasteiger partial charge in [-0.05, 0) is 45.6 Å². The second-order valence-corrected chi connectivity index (χ2v) is 5.64. The molecule has 15 heavy (non-hydrogen) atoms. The van der Waals surface area contributed by atoms with Crippen molar-refractivity contribution in [3.63, 3.8) is 0 Å². The summed E-state index contributed by atoms with van der Waals surface area (Å²) in [6, 6.07) is 0. The van der Waals surface area contributed by atoms with Crippen LogP contribution in [0.4, 0.5) is 0 Å². The molecule has 2 fully saturated rings. The number of aliphatic hydroxyl groups excluding tert-OH is 1. The Kier molecular flexibility index (Phi) is 3.33. The van der Waals surface area contributed by atoms with Gasteiger partial charge in [-0.3, -0.25) is 0 Å². The molecule has 2 atom stereocenters. The van der Waals surface area contributed by atoms with Crippen molar-refractivity contribution in [2.24, 2.45) is 5.92 Å². The van der Waals surface area contributed by atoms with E-state index in [0.29, 0.717) is 18.6 Å². The lowest BCUT2D eigenvalue weighted by molar-refractivity contribution is -0.0267. The van der Waals surface area contributed by atoms with Gasteiger partial charge in [0.1, 0.15) is 0 Å². The zero-order valence-electron chi connectivity index (χ0n) is 9.91. The van der Waals surface area contributed by atoms with Crippen molar-refractivity contribution in [1.82, 2.24) is 4.90 Å². The summed E-state index contributed by atoms with van der Waals surface area (Å²) in [6.45, 7) is 7.93. The highest BCUT2D eigenvalue weighted by Crippen LogP contribution is 2.30. The van der Waals surface area contributed by atoms with Gasteiger partial charge in [0, 0.05) is 19.7 Å². The molecular weight excluding hydrogens is 190 g/mol. The third-order valence-electron chi connectivity index (χ3n) is 3.64. The number of likely N-dealkylation sites (tertiary alicyclic amines) is 1. The molecule has 3 nitrogen and oxygen atoms in total. The second-order valence-electron chi connectivity index (χ2n) is 5.64. The minimum absolute atomic E-state index is 0.0841. The van der Waals surface area contributed by atoms with Crippen LogP contribution in [-0.2, 0) is 4.74 Å². The minimum atomic E-state index is 0.0841. The van der Waals surface area contributed by atoms with Crippen molar-refractivity contribution in [2.75, 3.05) is 26.2 Å². The first kappa shape index (κ1) is 11.4. The van der Waals surface area contributed by atoms with Crippen molar-refractivity contribution in [1.29, 1.82) is 0 Å². The predicted octanol–water partition coefficient (Wildman–Crippen LogP) is 1.26. The van der Waals surface area contributed by atoms with E-state index < -0.39 is 0 Å². The van der Waals surface area contributed by atoms with E-state index in [4.69, 9.17) is 9.84 Å². The lowest BCUT2D eigenvalue weighted by Gasteiger charge is -2.23. The number of nitrogens with zero attached hydrogens (tertiary/aromatic N) is 1. The van der Waals surface area contributed by atoms with Gasteiger partial charge in [-0.2, -0.15) is 0 Å². The van der Waals surface area contributed by atoms with Crippen LogP contribution in [0.1, 0.15) is 33.1 Å². The van der Waals surface area contributed by atoms with Gasteiger partial charge in [-0.25, -0.2) is 0 Å². The molecule has 2 aliphatic heterocycles. The Labute approximate surface area is 92.4 Å². The predicted molar refractivity (Wildman–Crippen MR) is 59.8 cm³/mol. The zero-order valence-corrected chi connectivity index (χ0v) is 9.91. The number of hydrogen-bond donors (Lipinski definition) is 1. The Bertz CT molecular complexity index is 218. The van der Waals surface area contributed by atoms with Crippen molar-refractivity contribution < 1.29 is 9.84 Å². The van der Waals surface area contributed by atoms with Crippen molar-refractivity contribution in [3.05, 3.63) is 0 Å². The molecule has 88 valence electrons. The van der Waals surface area contributed by atoms with Crippen LogP contribution < -0.4 is 0 Å². The van der Waals surface area contributed by atoms with Gasteiger partial charge < -0.3 is 14.7 Å². The summed E-state index contributed by atoms with van der Waals surface area (Å²) >= 11 is 0. The molecule has 2 aliphatic rings. The van der Waals surface area contributed by atoms with E-state index in [1.54, 1.807) is 0 Å². The molecule has 0 bridgehead atoms. The van der Waals surface area contributed by atoms with Gasteiger partial charge in [0.2, 0.25) is 0 Å². The second kappa shape index (κ2) is 4.40. The first-order valence-electron chi connectivity index (χ1n) is 6.10. The smallest absolute Gasteiger partial charge is 0.0710 e. The van der Waals surface area contributed by atoms with Crippen LogP contribution in [0.15, 0.2) is 0 Å². The average Bonchev–Trinajstić information content (AvgIpc) is 2.73. The van der Waals surface area contributed by atoms with Crippen LogP contribution in [0.2, 0.25) is 0 Å². The standard InChI is InChI=1S/C12H23NO2/c1-12(2)5-3-11(15-12)8-13-6-4-10(7-13)9-14/h10-11,14H,3-9H2,1-2H3. The van der Waals surface area contributed by atoms with Crippen LogP contribution in [0, 0.1) is 5.92 Å². The summed E-state index contributed by atoms with van der Waals surface area (Å²) in [6.07, 6.45) is 3.92. The van der Waals surface area contributed by atoms with E-state index in [2.05, 4.69) is 18.7 Å². The molecule has 2 saturated heterocycles. The molecule has 0 aromatic carbocycles. The first-order chi connectivity index (χ1) is 7.09. The van der Waals surface area contributed by atoms with E-state index in [9.17, 15) is 0 Å². The highest BCUT2D eigenvalue weighted by atomic mass is 16.5. The first-order valence-corrected chi connectivity index (χ1v) is 6.10. The Morgan fingerprint density at radius 1 is 1.40 bits per heavy atom. The number of ether oxygens (including phenoxy) is 1. The summed E-state index contributed by atoms with van der Waals surface area (Å²) in [4.78, 5) is 2.44. The largest absolute Gasteiger partial charge is 0.396 e. The van der Waals surface area contributed by atoms with Crippen LogP contribution >= 0.6 is 0 Å². The molecule has 0 amide bonds. The molecule has 2 heterocycles. The summed E-state index contributed by atoms with van der Waals surface area (Å²) in [5.74, 6) is 0.499. The molecule has 0 aromatic rings. The number of rotatable bonds is 3. The van der Waals surface area contributed by atoms with Gasteiger partial charge >= 0.3 is 0 Å². The molecule has 2 unspecified atom stereocenters. The lowest BCUT2D eigenvalue weighted by Crippen LogP contribution is -2.32. The topological polar surface area (TPSA) is 32.7 Å². The van der Waals surface area contributed by atoms with Crippen LogP contribution in [0.3, 0.4) is 0 Å². The Hall–Kier alpha value is -0.120. The molecular formula is C12H23NO2. The molecule has 1 N–H and O–H groups in total. The molecule has 0 saturated carbocycles. The van der Waals surface area contributed by atoms with Gasteiger partial charge in [0.25, 0.3) is 0 Å². The van der Waals surface area contributed by atoms with Gasteiger partial charge in [-0.1, -0.05) is 0 Å². The highest BCUT2D eigenvalue weighted by Gasteiger charge is 2.33. The fourth-order valence-corrected chi connectivity index (χ4v) is 2.72. The minimum Gasteiger partial charge on any atom is -0.396 e. The SMILES string of the molecule is CC1(C)CCC(CN2CCC(CO)C2)O1. The Balaban J connectivity index is 1.74. The van der Waals surface area contributed by atoms with Crippen molar-refractivity contribution in [3.8, 4) is 0 Å². The number of hydrogen-bond acceptors (Lipinski definition) is 3. The molecule has 3 heteroatoms. The molecule has 0 radical (unpaired) electrons. The zero-order chi connectivity index (χ0) is 10.9. The fraction of sp³-hybridized carbons (Fsp3) is 1.00. The average molecular weight is 213 g/mol. The maximum absolute atomic E-state index is 9.07. The maximum Gasteiger partial charge on any atom is 0.0710 e. The van der Waals surface area contributed by atoms with E-state index >= 15 is 0 Å². The van der Waals surface area contributed by atoms with Crippen molar-refractivity contribution >= 4 is 0 Å². The summed E-state index contributed by atoms with van der Waals surface area (Å²) in [5.41, 5.74) is 0.0841. The molecule has 0 spiro atoms. The van der Waals surface area contributed by atoms with E-state index in [1.807, 2.05) is 0 Å². The lowest BCUT2D eigenvalue weighted by atomic mass is 10.1. The van der Waals surface area contributed by atoms with Gasteiger partial charge in [-0.15, -0.1) is 0 Å². The summed E-state index contributed by atoms with van der Waals surface area (Å²) in [7, 11) is 0. The number of aliphatic hydroxyl groups is 1. The summed E-state index contributed by atoms with van der Waals surface area (Å²) < 4.78 is 5.98. The van der Waals surface area contributed by atoms with Crippen LogP contribution in [0.25, 0.3) is 0 Å². The third-order valence-corrected chi connectivity index (χ3v) is 3.64. The Morgan fingerprint density at radius 3 is 2.73 bits per heavy atom. The van der Waals surface area contributed by atoms with Gasteiger partial charge in [0.15, 0.2) is 0 Å². The molecule has 0 aliphatic carbocycles. The molecule has 0 aromatic heterocycles. The summed E-state index contributed by atoms with van der Waals surface area (Å²) in [5, 5.41) is 9.07. The third kappa shape index (κ3) is 2.92. The monoisotopic (exact) mass is 213 g/mol. The van der Waals surface area contributed by atoms with Crippen molar-refractivity contribution in [2.45, 2.75) is 44.8 Å². The van der Waals surface area contributed by atoms with E-state index in [0.717, 1.165) is 26.1 Å². The van der Waals surface area contributed by atoms with E-state index in [1.165, 1.54) is 12.8 Å². The normalized spacial score (nSPS) is 36.2. The molecule has 2 rings (SSSR count). The van der Waals surface area contributed by atoms with Gasteiger partial charge in [0.05, 0.1) is 11.7 Å². The fourth-order valence-electron chi connectivity index (χ4n) is 2.72. The maximum atomic E-state index is 9.07.